The molecule has 1 N–H and O–H groups in total. The van der Waals surface area contributed by atoms with Gasteiger partial charge in [0.25, 0.3) is 0 Å². The molecule has 1 aliphatic carbocycles. The van der Waals surface area contributed by atoms with Crippen LogP contribution < -0.4 is 15.5 Å². The zero-order chi connectivity index (χ0) is 42.0. The van der Waals surface area contributed by atoms with Crippen molar-refractivity contribution in [2.75, 3.05) is 4.90 Å². The molecule has 10 aromatic rings. The Labute approximate surface area is 367 Å². The largest absolute Gasteiger partial charge is 0.463 e. The number of thiophene rings is 1. The molecular weight excluding hydrogens is 791 g/mol. The Hall–Kier alpha value is -7.87. The number of hydrogen-bond acceptors (Lipinski definition) is 4. The van der Waals surface area contributed by atoms with Gasteiger partial charge in [-0.15, -0.1) is 11.3 Å². The number of para-hydroxylation sites is 2. The van der Waals surface area contributed by atoms with E-state index in [0.717, 1.165) is 70.8 Å². The lowest BCUT2D eigenvalue weighted by Gasteiger charge is -2.29. The molecule has 0 fully saturated rings. The third kappa shape index (κ3) is 6.03. The number of rotatable bonds is 6. The Kier molecular flexibility index (Phi) is 8.76. The zero-order valence-corrected chi connectivity index (χ0v) is 35.1. The molecule has 0 amide bonds. The molecule has 7 heteroatoms. The van der Waals surface area contributed by atoms with Crippen LogP contribution in [0.2, 0.25) is 0 Å². The fraction of sp³-hybridized carbons (Fsp3) is 0.0536. The van der Waals surface area contributed by atoms with Crippen LogP contribution in [-0.2, 0) is 0 Å². The molecule has 0 saturated heterocycles. The van der Waals surface area contributed by atoms with E-state index in [9.17, 15) is 5.41 Å². The number of furan rings is 1. The number of hydrogen-bond donors (Lipinski definition) is 1. The summed E-state index contributed by atoms with van der Waals surface area (Å²) in [4.78, 5) is 12.7. The highest BCUT2D eigenvalue weighted by Gasteiger charge is 2.39. The van der Waals surface area contributed by atoms with Gasteiger partial charge in [-0.2, -0.15) is 0 Å². The number of nitrogens with one attached hydrogen (secondary N) is 1. The van der Waals surface area contributed by atoms with E-state index >= 15 is 0 Å². The first kappa shape index (κ1) is 36.9. The first-order valence-corrected chi connectivity index (χ1v) is 22.1. The summed E-state index contributed by atoms with van der Waals surface area (Å²) in [5.74, 6) is 0.752. The average molecular weight is 830 g/mol. The molecule has 2 unspecified atom stereocenters. The number of fused-ring (bicyclic) bond motifs is 10. The van der Waals surface area contributed by atoms with Crippen molar-refractivity contribution < 1.29 is 4.42 Å². The number of allylic oxidation sites excluding steroid dienone is 1. The third-order valence-electron chi connectivity index (χ3n) is 12.5. The second-order valence-corrected chi connectivity index (χ2v) is 17.1. The summed E-state index contributed by atoms with van der Waals surface area (Å²) in [5.41, 5.74) is 10.4. The topological polar surface area (TPSA) is 69.9 Å². The van der Waals surface area contributed by atoms with E-state index in [1.807, 2.05) is 62.0 Å². The number of benzene rings is 7. The van der Waals surface area contributed by atoms with Crippen LogP contribution in [0.1, 0.15) is 35.1 Å². The maximum absolute atomic E-state index is 9.41. The van der Waals surface area contributed by atoms with Gasteiger partial charge in [-0.25, -0.2) is 9.98 Å². The molecule has 6 nitrogen and oxygen atoms in total. The van der Waals surface area contributed by atoms with E-state index in [1.165, 1.54) is 26.6 Å². The molecule has 2 atom stereocenters. The van der Waals surface area contributed by atoms with Crippen LogP contribution in [0.5, 0.6) is 0 Å². The van der Waals surface area contributed by atoms with E-state index in [0.29, 0.717) is 5.84 Å². The Morgan fingerprint density at radius 2 is 1.48 bits per heavy atom. The molecular formula is C56H39N5OS. The van der Waals surface area contributed by atoms with Gasteiger partial charge in [0.05, 0.1) is 23.2 Å². The predicted molar refractivity (Wildman–Crippen MR) is 265 cm³/mol. The molecule has 0 radical (unpaired) electrons. The standard InChI is InChI=1S/C56H39N5OS/c1-2-16-37-33-62-53-44(35-17-5-3-6-18-35)29-38(30-45(37)53)61-49-27-13-10-22-40(49)47-31-46-39-21-9-12-26-48(39)60(50(46)32-51(47)61)34-58-56(36-19-7-4-8-20-36)59-55(57)43-25-15-24-42-41-23-11-14-28-52(41)63-54(42)43/h2-34,47,51,57H,1H3/b16-2-,57-55?,58-34?,59-56?. The van der Waals surface area contributed by atoms with Crippen molar-refractivity contribution >= 4 is 101 Å². The minimum absolute atomic E-state index is 0.0262. The van der Waals surface area contributed by atoms with Crippen LogP contribution in [0.3, 0.4) is 0 Å². The summed E-state index contributed by atoms with van der Waals surface area (Å²) in [6.07, 6.45) is 12.8. The second kappa shape index (κ2) is 14.9. The normalized spacial score (nSPS) is 16.0. The van der Waals surface area contributed by atoms with E-state index in [4.69, 9.17) is 14.4 Å². The van der Waals surface area contributed by atoms with Gasteiger partial charge in [0.15, 0.2) is 11.7 Å². The molecule has 2 aliphatic rings. The first-order chi connectivity index (χ1) is 31.1. The van der Waals surface area contributed by atoms with Crippen molar-refractivity contribution in [1.82, 2.24) is 4.57 Å². The highest BCUT2D eigenvalue weighted by molar-refractivity contribution is 7.26. The van der Waals surface area contributed by atoms with Crippen LogP contribution in [-0.4, -0.2) is 28.6 Å². The van der Waals surface area contributed by atoms with Gasteiger partial charge in [0.2, 0.25) is 0 Å². The van der Waals surface area contributed by atoms with E-state index < -0.39 is 0 Å². The van der Waals surface area contributed by atoms with Crippen LogP contribution in [0.15, 0.2) is 191 Å². The molecule has 4 heterocycles. The maximum Gasteiger partial charge on any atom is 0.163 e. The van der Waals surface area contributed by atoms with Crippen LogP contribution in [0.4, 0.5) is 11.4 Å². The fourth-order valence-corrected chi connectivity index (χ4v) is 10.9. The van der Waals surface area contributed by atoms with E-state index in [1.54, 1.807) is 11.3 Å². The highest BCUT2D eigenvalue weighted by atomic mass is 32.1. The summed E-state index contributed by atoms with van der Waals surface area (Å²) in [5, 5.41) is 16.2. The van der Waals surface area contributed by atoms with E-state index in [-0.39, 0.29) is 17.8 Å². The number of aromatic nitrogens is 1. The van der Waals surface area contributed by atoms with Crippen LogP contribution in [0, 0.1) is 5.41 Å². The molecule has 0 spiro atoms. The SMILES string of the molecule is C/C=C\c1coc2c(-c3ccccc3)cc(N3c4ccccc4C4C=c5c(n(C=NC(=NC(=N)c6cccc7c6sc6ccccc67)c6ccccc6)c6ccccc56)=CC43)cc12. The smallest absolute Gasteiger partial charge is 0.163 e. The number of aliphatic imine (C=N–C) groups is 2. The molecule has 63 heavy (non-hydrogen) atoms. The lowest BCUT2D eigenvalue weighted by molar-refractivity contribution is 0.616. The number of amidine groups is 2. The summed E-state index contributed by atoms with van der Waals surface area (Å²) in [7, 11) is 0. The Morgan fingerprint density at radius 1 is 0.730 bits per heavy atom. The van der Waals surface area contributed by atoms with Gasteiger partial charge in [0, 0.05) is 75.7 Å². The minimum Gasteiger partial charge on any atom is -0.463 e. The molecule has 0 saturated carbocycles. The summed E-state index contributed by atoms with van der Waals surface area (Å²) in [6, 6.07) is 57.0. The van der Waals surface area contributed by atoms with Gasteiger partial charge in [0.1, 0.15) is 11.9 Å². The zero-order valence-electron chi connectivity index (χ0n) is 34.3. The van der Waals surface area contributed by atoms with Gasteiger partial charge in [-0.3, -0.25) is 9.98 Å². The number of anilines is 2. The second-order valence-electron chi connectivity index (χ2n) is 16.1. The van der Waals surface area contributed by atoms with Crippen molar-refractivity contribution in [1.29, 1.82) is 5.41 Å². The lowest BCUT2D eigenvalue weighted by atomic mass is 9.90. The number of nitrogens with zero attached hydrogens (tertiary/aromatic N) is 4. The molecule has 7 aromatic carbocycles. The molecule has 1 aliphatic heterocycles. The Bertz CT molecular complexity index is 3680. The van der Waals surface area contributed by atoms with Crippen molar-refractivity contribution in [3.63, 3.8) is 0 Å². The van der Waals surface area contributed by atoms with Gasteiger partial charge >= 0.3 is 0 Å². The lowest BCUT2D eigenvalue weighted by Crippen LogP contribution is -2.40. The third-order valence-corrected chi connectivity index (χ3v) is 13.7. The fourth-order valence-electron chi connectivity index (χ4n) is 9.68. The maximum atomic E-state index is 9.41. The first-order valence-electron chi connectivity index (χ1n) is 21.2. The Morgan fingerprint density at radius 3 is 2.33 bits per heavy atom. The summed E-state index contributed by atoms with van der Waals surface area (Å²) < 4.78 is 10.8. The summed E-state index contributed by atoms with van der Waals surface area (Å²) >= 11 is 1.70. The van der Waals surface area contributed by atoms with Crippen molar-refractivity contribution in [3.8, 4) is 11.1 Å². The van der Waals surface area contributed by atoms with Crippen LogP contribution in [0.25, 0.3) is 71.4 Å². The summed E-state index contributed by atoms with van der Waals surface area (Å²) in [6.45, 7) is 2.04. The van der Waals surface area contributed by atoms with E-state index in [2.05, 4.69) is 155 Å². The monoisotopic (exact) mass is 829 g/mol. The van der Waals surface area contributed by atoms with Crippen LogP contribution >= 0.6 is 11.3 Å². The van der Waals surface area contributed by atoms with Gasteiger partial charge in [-0.05, 0) is 60.5 Å². The van der Waals surface area contributed by atoms with Crippen molar-refractivity contribution in [3.05, 3.63) is 209 Å². The van der Waals surface area contributed by atoms with Gasteiger partial charge in [-0.1, -0.05) is 146 Å². The molecule has 0 bridgehead atoms. The highest BCUT2D eigenvalue weighted by Crippen LogP contribution is 2.49. The molecule has 3 aromatic heterocycles. The minimum atomic E-state index is -0.0262. The molecule has 12 rings (SSSR count). The quantitative estimate of drug-likeness (QED) is 0.134. The Balaban J connectivity index is 1.03. The van der Waals surface area contributed by atoms with Crippen molar-refractivity contribution in [2.24, 2.45) is 9.98 Å². The van der Waals surface area contributed by atoms with Crippen molar-refractivity contribution in [2.45, 2.75) is 18.9 Å². The van der Waals surface area contributed by atoms with Gasteiger partial charge < -0.3 is 9.32 Å². The predicted octanol–water partition coefficient (Wildman–Crippen LogP) is 12.7. The molecule has 300 valence electrons. The average Bonchev–Trinajstić information content (AvgIpc) is 4.09.